The van der Waals surface area contributed by atoms with E-state index in [-0.39, 0.29) is 0 Å². The number of hydrogen-bond acceptors (Lipinski definition) is 4. The Morgan fingerprint density at radius 3 is 2.41 bits per heavy atom. The van der Waals surface area contributed by atoms with Crippen LogP contribution < -0.4 is 5.32 Å². The molecular weight excluding hydrogens is 214 g/mol. The summed E-state index contributed by atoms with van der Waals surface area (Å²) in [5.74, 6) is 2.21. The minimum absolute atomic E-state index is 0.307. The van der Waals surface area contributed by atoms with Crippen LogP contribution in [0.2, 0.25) is 0 Å². The van der Waals surface area contributed by atoms with Crippen molar-refractivity contribution >= 4 is 0 Å². The third-order valence-electron chi connectivity index (χ3n) is 3.05. The van der Waals surface area contributed by atoms with Crippen molar-refractivity contribution in [3.63, 3.8) is 0 Å². The van der Waals surface area contributed by atoms with Gasteiger partial charge in [-0.05, 0) is 26.3 Å². The van der Waals surface area contributed by atoms with Gasteiger partial charge in [-0.25, -0.2) is 0 Å². The van der Waals surface area contributed by atoms with E-state index < -0.39 is 0 Å². The van der Waals surface area contributed by atoms with Crippen LogP contribution in [0.15, 0.2) is 4.52 Å². The van der Waals surface area contributed by atoms with Crippen molar-refractivity contribution in [2.75, 3.05) is 6.54 Å². The highest BCUT2D eigenvalue weighted by Crippen LogP contribution is 2.23. The van der Waals surface area contributed by atoms with E-state index in [1.807, 2.05) is 0 Å². The monoisotopic (exact) mass is 239 g/mol. The second kappa shape index (κ2) is 6.74. The number of aromatic nitrogens is 2. The van der Waals surface area contributed by atoms with E-state index in [0.717, 1.165) is 31.1 Å². The number of nitrogens with zero attached hydrogens (tertiary/aromatic N) is 2. The van der Waals surface area contributed by atoms with Gasteiger partial charge in [0.2, 0.25) is 5.89 Å². The first-order valence-corrected chi connectivity index (χ1v) is 6.66. The largest absolute Gasteiger partial charge is 0.339 e. The fourth-order valence-electron chi connectivity index (χ4n) is 1.89. The van der Waals surface area contributed by atoms with E-state index in [2.05, 4.69) is 50.1 Å². The fraction of sp³-hybridized carbons (Fsp3) is 0.846. The van der Waals surface area contributed by atoms with Crippen LogP contribution in [0.4, 0.5) is 0 Å². The molecule has 0 aliphatic heterocycles. The van der Waals surface area contributed by atoms with Gasteiger partial charge in [-0.2, -0.15) is 4.98 Å². The molecule has 0 aliphatic rings. The van der Waals surface area contributed by atoms with E-state index >= 15 is 0 Å². The molecule has 1 rings (SSSR count). The molecule has 4 heteroatoms. The van der Waals surface area contributed by atoms with Gasteiger partial charge in [0.1, 0.15) is 0 Å². The summed E-state index contributed by atoms with van der Waals surface area (Å²) in [6.45, 7) is 11.7. The highest BCUT2D eigenvalue weighted by molar-refractivity contribution is 5.00. The molecule has 17 heavy (non-hydrogen) atoms. The summed E-state index contributed by atoms with van der Waals surface area (Å²) in [6, 6.07) is 0.375. The first-order chi connectivity index (χ1) is 8.10. The Balaban J connectivity index is 2.71. The lowest BCUT2D eigenvalue weighted by Crippen LogP contribution is -2.32. The van der Waals surface area contributed by atoms with Gasteiger partial charge in [0.25, 0.3) is 0 Å². The molecular formula is C13H25N3O. The maximum Gasteiger partial charge on any atom is 0.231 e. The molecule has 1 aromatic rings. The summed E-state index contributed by atoms with van der Waals surface area (Å²) >= 11 is 0. The first-order valence-electron chi connectivity index (χ1n) is 6.66. The van der Waals surface area contributed by atoms with Crippen LogP contribution >= 0.6 is 0 Å². The quantitative estimate of drug-likeness (QED) is 0.794. The van der Waals surface area contributed by atoms with Crippen LogP contribution in [0.5, 0.6) is 0 Å². The fourth-order valence-corrected chi connectivity index (χ4v) is 1.89. The van der Waals surface area contributed by atoms with Crippen LogP contribution in [0, 0.1) is 0 Å². The zero-order chi connectivity index (χ0) is 12.8. The van der Waals surface area contributed by atoms with Crippen LogP contribution in [0.1, 0.15) is 71.0 Å². The van der Waals surface area contributed by atoms with E-state index in [0.29, 0.717) is 17.9 Å². The maximum absolute atomic E-state index is 5.38. The Hall–Kier alpha value is -0.900. The Morgan fingerprint density at radius 2 is 1.94 bits per heavy atom. The minimum Gasteiger partial charge on any atom is -0.339 e. The zero-order valence-electron chi connectivity index (χ0n) is 11.7. The molecule has 0 saturated carbocycles. The highest BCUT2D eigenvalue weighted by atomic mass is 16.5. The summed E-state index contributed by atoms with van der Waals surface area (Å²) < 4.78 is 5.38. The molecule has 0 amide bonds. The molecule has 2 atom stereocenters. The van der Waals surface area contributed by atoms with Crippen molar-refractivity contribution < 1.29 is 4.52 Å². The molecule has 98 valence electrons. The van der Waals surface area contributed by atoms with E-state index in [1.165, 1.54) is 0 Å². The van der Waals surface area contributed by atoms with Crippen LogP contribution in [0.25, 0.3) is 0 Å². The molecule has 1 aromatic heterocycles. The molecule has 0 saturated heterocycles. The first kappa shape index (κ1) is 14.2. The molecule has 1 heterocycles. The highest BCUT2D eigenvalue weighted by Gasteiger charge is 2.23. The van der Waals surface area contributed by atoms with Crippen LogP contribution in [-0.2, 0) is 0 Å². The Kier molecular flexibility index (Phi) is 5.62. The van der Waals surface area contributed by atoms with Gasteiger partial charge in [0, 0.05) is 12.0 Å². The summed E-state index contributed by atoms with van der Waals surface area (Å²) in [7, 11) is 0. The topological polar surface area (TPSA) is 51.0 Å². The predicted octanol–water partition coefficient (Wildman–Crippen LogP) is 3.07. The lowest BCUT2D eigenvalue weighted by atomic mass is 9.98. The molecule has 1 N–H and O–H groups in total. The molecule has 0 aromatic carbocycles. The van der Waals surface area contributed by atoms with Gasteiger partial charge in [-0.15, -0.1) is 0 Å². The third-order valence-corrected chi connectivity index (χ3v) is 3.05. The molecule has 0 aliphatic carbocycles. The average Bonchev–Trinajstić information content (AvgIpc) is 2.77. The van der Waals surface area contributed by atoms with Crippen molar-refractivity contribution in [3.05, 3.63) is 11.7 Å². The number of hydrogen-bond donors (Lipinski definition) is 1. The summed E-state index contributed by atoms with van der Waals surface area (Å²) in [4.78, 5) is 4.49. The Labute approximate surface area is 104 Å². The van der Waals surface area contributed by atoms with Crippen LogP contribution in [0.3, 0.4) is 0 Å². The molecule has 2 unspecified atom stereocenters. The van der Waals surface area contributed by atoms with Gasteiger partial charge in [0.05, 0.1) is 5.92 Å². The van der Waals surface area contributed by atoms with Gasteiger partial charge in [-0.1, -0.05) is 32.9 Å². The van der Waals surface area contributed by atoms with Crippen LogP contribution in [-0.4, -0.2) is 22.7 Å². The van der Waals surface area contributed by atoms with Crippen molar-refractivity contribution in [2.45, 2.75) is 65.3 Å². The maximum atomic E-state index is 5.38. The summed E-state index contributed by atoms with van der Waals surface area (Å²) in [6.07, 6.45) is 2.15. The van der Waals surface area contributed by atoms with Gasteiger partial charge >= 0.3 is 0 Å². The normalized spacial score (nSPS) is 15.2. The lowest BCUT2D eigenvalue weighted by molar-refractivity contribution is 0.313. The average molecular weight is 239 g/mol. The summed E-state index contributed by atoms with van der Waals surface area (Å²) in [5, 5.41) is 7.53. The second-order valence-electron chi connectivity index (χ2n) is 4.90. The SMILES string of the molecule is CCCNC(C)C(CC)c1nc(C(C)C)no1. The van der Waals surface area contributed by atoms with Crippen molar-refractivity contribution in [2.24, 2.45) is 0 Å². The Morgan fingerprint density at radius 1 is 1.24 bits per heavy atom. The van der Waals surface area contributed by atoms with Crippen molar-refractivity contribution in [1.29, 1.82) is 0 Å². The van der Waals surface area contributed by atoms with Crippen molar-refractivity contribution in [3.8, 4) is 0 Å². The number of nitrogens with one attached hydrogen (secondary N) is 1. The molecule has 0 bridgehead atoms. The van der Waals surface area contributed by atoms with Crippen molar-refractivity contribution in [1.82, 2.24) is 15.5 Å². The molecule has 0 spiro atoms. The predicted molar refractivity (Wildman–Crippen MR) is 69.2 cm³/mol. The van der Waals surface area contributed by atoms with E-state index in [4.69, 9.17) is 4.52 Å². The van der Waals surface area contributed by atoms with Gasteiger partial charge in [0.15, 0.2) is 5.82 Å². The molecule has 4 nitrogen and oxygen atoms in total. The second-order valence-corrected chi connectivity index (χ2v) is 4.90. The molecule has 0 fully saturated rings. The van der Waals surface area contributed by atoms with Gasteiger partial charge < -0.3 is 9.84 Å². The third kappa shape index (κ3) is 3.80. The standard InChI is InChI=1S/C13H25N3O/c1-6-8-14-10(5)11(7-2)13-15-12(9(3)4)16-17-13/h9-11,14H,6-8H2,1-5H3. The van der Waals surface area contributed by atoms with E-state index in [1.54, 1.807) is 0 Å². The minimum atomic E-state index is 0.307. The summed E-state index contributed by atoms with van der Waals surface area (Å²) in [5.41, 5.74) is 0. The zero-order valence-corrected chi connectivity index (χ0v) is 11.7. The molecule has 0 radical (unpaired) electrons. The van der Waals surface area contributed by atoms with E-state index in [9.17, 15) is 0 Å². The Bertz CT molecular complexity index is 322. The number of rotatable bonds is 7. The lowest BCUT2D eigenvalue weighted by Gasteiger charge is -2.20. The van der Waals surface area contributed by atoms with Gasteiger partial charge in [-0.3, -0.25) is 0 Å². The smallest absolute Gasteiger partial charge is 0.231 e.